The predicted octanol–water partition coefficient (Wildman–Crippen LogP) is 1.91. The summed E-state index contributed by atoms with van der Waals surface area (Å²) in [5.41, 5.74) is 2.55. The van der Waals surface area contributed by atoms with E-state index in [-0.39, 0.29) is 5.91 Å². The van der Waals surface area contributed by atoms with E-state index in [2.05, 4.69) is 15.2 Å². The molecular weight excluding hydrogens is 288 g/mol. The number of hydrogen-bond acceptors (Lipinski definition) is 3. The average Bonchev–Trinajstić information content (AvgIpc) is 2.98. The highest BCUT2D eigenvalue weighted by molar-refractivity contribution is 5.94. The summed E-state index contributed by atoms with van der Waals surface area (Å²) in [5.74, 6) is 0.660. The molecule has 3 aliphatic heterocycles. The Kier molecular flexibility index (Phi) is 3.65. The van der Waals surface area contributed by atoms with Gasteiger partial charge in [-0.15, -0.1) is 0 Å². The normalized spacial score (nSPS) is 26.2. The summed E-state index contributed by atoms with van der Waals surface area (Å²) in [4.78, 5) is 19.5. The lowest BCUT2D eigenvalue weighted by molar-refractivity contribution is 0.0616. The molecule has 0 radical (unpaired) electrons. The van der Waals surface area contributed by atoms with E-state index < -0.39 is 0 Å². The molecule has 3 fully saturated rings. The summed E-state index contributed by atoms with van der Waals surface area (Å²) >= 11 is 0. The van der Waals surface area contributed by atoms with Gasteiger partial charge in [0.05, 0.1) is 11.4 Å². The van der Waals surface area contributed by atoms with E-state index in [0.29, 0.717) is 17.7 Å². The molecule has 5 heteroatoms. The van der Waals surface area contributed by atoms with Crippen LogP contribution >= 0.6 is 0 Å². The second-order valence-electron chi connectivity index (χ2n) is 6.60. The summed E-state index contributed by atoms with van der Waals surface area (Å²) in [7, 11) is 1.93. The van der Waals surface area contributed by atoms with E-state index in [1.165, 1.54) is 25.9 Å². The molecule has 0 saturated carbocycles. The zero-order valence-corrected chi connectivity index (χ0v) is 13.4. The molecule has 0 aromatic carbocycles. The Labute approximate surface area is 136 Å². The number of carbonyl (C=O) groups excluding carboxylic acids is 1. The number of pyridine rings is 1. The van der Waals surface area contributed by atoms with Crippen molar-refractivity contribution in [2.45, 2.75) is 18.9 Å². The molecule has 0 spiro atoms. The Morgan fingerprint density at radius 1 is 1.22 bits per heavy atom. The number of hydrogen-bond donors (Lipinski definition) is 1. The predicted molar refractivity (Wildman–Crippen MR) is 89.1 cm³/mol. The highest BCUT2D eigenvalue weighted by atomic mass is 16.2. The monoisotopic (exact) mass is 310 g/mol. The van der Waals surface area contributed by atoms with Gasteiger partial charge in [-0.05, 0) is 56.1 Å². The molecule has 120 valence electrons. The zero-order chi connectivity index (χ0) is 15.8. The van der Waals surface area contributed by atoms with Crippen LogP contribution in [-0.4, -0.2) is 46.0 Å². The van der Waals surface area contributed by atoms with Gasteiger partial charge in [0.2, 0.25) is 0 Å². The molecule has 3 saturated heterocycles. The lowest BCUT2D eigenvalue weighted by Crippen LogP contribution is -2.57. The molecule has 1 N–H and O–H groups in total. The average molecular weight is 310 g/mol. The minimum absolute atomic E-state index is 0.0217. The Balaban J connectivity index is 1.52. The van der Waals surface area contributed by atoms with Crippen molar-refractivity contribution in [3.63, 3.8) is 0 Å². The number of aromatic nitrogens is 2. The molecule has 1 amide bonds. The van der Waals surface area contributed by atoms with Crippen molar-refractivity contribution in [2.75, 3.05) is 19.6 Å². The van der Waals surface area contributed by atoms with Crippen LogP contribution in [0.15, 0.2) is 36.5 Å². The second-order valence-corrected chi connectivity index (χ2v) is 6.60. The van der Waals surface area contributed by atoms with Crippen LogP contribution in [0.5, 0.6) is 0 Å². The summed E-state index contributed by atoms with van der Waals surface area (Å²) in [6.45, 7) is 3.37. The van der Waals surface area contributed by atoms with Gasteiger partial charge in [-0.2, -0.15) is 0 Å². The molecule has 5 nitrogen and oxygen atoms in total. The van der Waals surface area contributed by atoms with Crippen molar-refractivity contribution < 1.29 is 4.79 Å². The summed E-state index contributed by atoms with van der Waals surface area (Å²) < 4.78 is 1.93. The fraction of sp³-hybridized carbons (Fsp3) is 0.444. The van der Waals surface area contributed by atoms with Gasteiger partial charge >= 0.3 is 0 Å². The fourth-order valence-electron chi connectivity index (χ4n) is 3.88. The van der Waals surface area contributed by atoms with Gasteiger partial charge in [-0.1, -0.05) is 6.07 Å². The standard InChI is InChI=1S/C18H22N4O/c1-21-16(14-4-2-3-9-19-14)5-6-17(21)18(23)20-15-12-22-10-7-13(15)8-11-22/h2-6,9,13,15H,7-8,10-12H2,1H3,(H,20,23)/t15-/m0/s1. The van der Waals surface area contributed by atoms with Gasteiger partial charge in [0.25, 0.3) is 5.91 Å². The summed E-state index contributed by atoms with van der Waals surface area (Å²) in [6.07, 6.45) is 4.18. The first-order valence-electron chi connectivity index (χ1n) is 8.33. The maximum atomic E-state index is 12.7. The van der Waals surface area contributed by atoms with Crippen molar-refractivity contribution in [3.8, 4) is 11.4 Å². The molecule has 2 bridgehead atoms. The molecule has 1 atom stereocenters. The van der Waals surface area contributed by atoms with E-state index in [0.717, 1.165) is 17.9 Å². The lowest BCUT2D eigenvalue weighted by Gasteiger charge is -2.44. The molecule has 5 heterocycles. The number of nitrogens with one attached hydrogen (secondary N) is 1. The third-order valence-electron chi connectivity index (χ3n) is 5.25. The SMILES string of the molecule is Cn1c(C(=O)N[C@H]2CN3CCC2CC3)ccc1-c1ccccn1. The minimum atomic E-state index is 0.0217. The van der Waals surface area contributed by atoms with E-state index in [1.54, 1.807) is 6.20 Å². The molecule has 3 aliphatic rings. The van der Waals surface area contributed by atoms with Crippen molar-refractivity contribution in [1.29, 1.82) is 0 Å². The highest BCUT2D eigenvalue weighted by Gasteiger charge is 2.35. The Bertz CT molecular complexity index is 701. The van der Waals surface area contributed by atoms with Crippen LogP contribution in [0, 0.1) is 5.92 Å². The number of amides is 1. The molecule has 2 aromatic heterocycles. The Morgan fingerprint density at radius 2 is 2.04 bits per heavy atom. The molecule has 5 rings (SSSR count). The molecule has 23 heavy (non-hydrogen) atoms. The lowest BCUT2D eigenvalue weighted by atomic mass is 9.84. The third kappa shape index (κ3) is 2.65. The van der Waals surface area contributed by atoms with Gasteiger partial charge in [0, 0.05) is 25.8 Å². The van der Waals surface area contributed by atoms with Gasteiger partial charge in [-0.25, -0.2) is 0 Å². The topological polar surface area (TPSA) is 50.2 Å². The van der Waals surface area contributed by atoms with Crippen molar-refractivity contribution in [2.24, 2.45) is 13.0 Å². The van der Waals surface area contributed by atoms with Crippen LogP contribution in [0.3, 0.4) is 0 Å². The first-order valence-corrected chi connectivity index (χ1v) is 8.33. The molecule has 0 unspecified atom stereocenters. The quantitative estimate of drug-likeness (QED) is 0.942. The number of piperidine rings is 3. The number of carbonyl (C=O) groups is 1. The van der Waals surface area contributed by atoms with Crippen LogP contribution in [0.4, 0.5) is 0 Å². The molecular formula is C18H22N4O. The number of fused-ring (bicyclic) bond motifs is 3. The third-order valence-corrected chi connectivity index (χ3v) is 5.25. The first kappa shape index (κ1) is 14.5. The van der Waals surface area contributed by atoms with Crippen molar-refractivity contribution >= 4 is 5.91 Å². The Morgan fingerprint density at radius 3 is 2.70 bits per heavy atom. The van der Waals surface area contributed by atoms with E-state index in [1.807, 2.05) is 41.9 Å². The Hall–Kier alpha value is -2.14. The van der Waals surface area contributed by atoms with Crippen LogP contribution in [0.2, 0.25) is 0 Å². The highest BCUT2D eigenvalue weighted by Crippen LogP contribution is 2.28. The maximum Gasteiger partial charge on any atom is 0.268 e. The smallest absolute Gasteiger partial charge is 0.268 e. The van der Waals surface area contributed by atoms with Crippen LogP contribution in [-0.2, 0) is 7.05 Å². The maximum absolute atomic E-state index is 12.7. The van der Waals surface area contributed by atoms with Gasteiger partial charge in [0.1, 0.15) is 5.69 Å². The molecule has 2 aromatic rings. The zero-order valence-electron chi connectivity index (χ0n) is 13.4. The summed E-state index contributed by atoms with van der Waals surface area (Å²) in [5, 5.41) is 3.25. The van der Waals surface area contributed by atoms with Crippen molar-refractivity contribution in [3.05, 3.63) is 42.2 Å². The van der Waals surface area contributed by atoms with Crippen LogP contribution < -0.4 is 5.32 Å². The van der Waals surface area contributed by atoms with Crippen LogP contribution in [0.1, 0.15) is 23.3 Å². The van der Waals surface area contributed by atoms with Crippen LogP contribution in [0.25, 0.3) is 11.4 Å². The van der Waals surface area contributed by atoms with E-state index in [9.17, 15) is 4.79 Å². The second kappa shape index (κ2) is 5.81. The minimum Gasteiger partial charge on any atom is -0.346 e. The molecule has 0 aliphatic carbocycles. The number of rotatable bonds is 3. The van der Waals surface area contributed by atoms with Crippen molar-refractivity contribution in [1.82, 2.24) is 19.8 Å². The first-order chi connectivity index (χ1) is 11.2. The summed E-state index contributed by atoms with van der Waals surface area (Å²) in [6, 6.07) is 9.97. The van der Waals surface area contributed by atoms with E-state index in [4.69, 9.17) is 0 Å². The fourth-order valence-corrected chi connectivity index (χ4v) is 3.88. The van der Waals surface area contributed by atoms with Gasteiger partial charge in [-0.3, -0.25) is 9.78 Å². The number of nitrogens with zero attached hydrogens (tertiary/aromatic N) is 3. The largest absolute Gasteiger partial charge is 0.346 e. The van der Waals surface area contributed by atoms with Gasteiger partial charge < -0.3 is 14.8 Å². The van der Waals surface area contributed by atoms with Gasteiger partial charge in [0.15, 0.2) is 0 Å². The van der Waals surface area contributed by atoms with E-state index >= 15 is 0 Å².